The summed E-state index contributed by atoms with van der Waals surface area (Å²) in [5.41, 5.74) is 3.09. The lowest BCUT2D eigenvalue weighted by molar-refractivity contribution is 0.0911. The van der Waals surface area contributed by atoms with E-state index in [2.05, 4.69) is 30.8 Å². The first-order valence-corrected chi connectivity index (χ1v) is 11.8. The minimum Gasteiger partial charge on any atom is -0.394 e. The Labute approximate surface area is 203 Å². The first-order chi connectivity index (χ1) is 16.6. The van der Waals surface area contributed by atoms with Crippen LogP contribution in [-0.2, 0) is 0 Å². The fourth-order valence-corrected chi connectivity index (χ4v) is 4.65. The van der Waals surface area contributed by atoms with Crippen LogP contribution >= 0.6 is 22.9 Å². The van der Waals surface area contributed by atoms with Gasteiger partial charge in [-0.15, -0.1) is 10.2 Å². The van der Waals surface area contributed by atoms with E-state index in [0.717, 1.165) is 26.6 Å². The van der Waals surface area contributed by atoms with Gasteiger partial charge in [-0.3, -0.25) is 9.20 Å². The average Bonchev–Trinajstić information content (AvgIpc) is 3.46. The number of hydrogen-bond acceptors (Lipinski definition) is 8. The van der Waals surface area contributed by atoms with Crippen LogP contribution in [0.1, 0.15) is 23.8 Å². The molecule has 34 heavy (non-hydrogen) atoms. The minimum atomic E-state index is -0.401. The quantitative estimate of drug-likeness (QED) is 0.309. The summed E-state index contributed by atoms with van der Waals surface area (Å²) in [6, 6.07) is 13.0. The molecule has 0 saturated heterocycles. The molecule has 3 heterocycles. The summed E-state index contributed by atoms with van der Waals surface area (Å²) in [7, 11) is 0. The van der Waals surface area contributed by atoms with Gasteiger partial charge in [0.2, 0.25) is 0 Å². The zero-order valence-corrected chi connectivity index (χ0v) is 19.6. The number of thiazole rings is 1. The van der Waals surface area contributed by atoms with Gasteiger partial charge in [0.1, 0.15) is 0 Å². The summed E-state index contributed by atoms with van der Waals surface area (Å²) in [5.74, 6) is 0.184. The second-order valence-electron chi connectivity index (χ2n) is 7.59. The van der Waals surface area contributed by atoms with Crippen molar-refractivity contribution in [2.24, 2.45) is 0 Å². The molecule has 0 fully saturated rings. The Hall–Kier alpha value is -3.60. The van der Waals surface area contributed by atoms with Crippen molar-refractivity contribution >= 4 is 55.5 Å². The summed E-state index contributed by atoms with van der Waals surface area (Å²) in [5, 5.41) is 25.4. The summed E-state index contributed by atoms with van der Waals surface area (Å²) in [6.45, 7) is 1.74. The molecule has 0 aliphatic carbocycles. The monoisotopic (exact) mass is 493 g/mol. The Kier molecular flexibility index (Phi) is 6.10. The maximum Gasteiger partial charge on any atom is 0.274 e. The molecule has 0 radical (unpaired) electrons. The molecule has 1 amide bonds. The predicted octanol–water partition coefficient (Wildman–Crippen LogP) is 4.30. The van der Waals surface area contributed by atoms with Crippen LogP contribution in [0.2, 0.25) is 5.02 Å². The molecule has 11 heteroatoms. The maximum absolute atomic E-state index is 12.6. The fraction of sp³-hybridized carbons (Fsp3) is 0.174. The van der Waals surface area contributed by atoms with Gasteiger partial charge in [0, 0.05) is 28.7 Å². The zero-order valence-electron chi connectivity index (χ0n) is 18.1. The van der Waals surface area contributed by atoms with E-state index in [1.807, 2.05) is 49.4 Å². The maximum atomic E-state index is 12.6. The normalized spacial score (nSPS) is 12.2. The second kappa shape index (κ2) is 9.34. The molecule has 1 atom stereocenters. The topological polar surface area (TPSA) is 117 Å². The molecule has 0 spiro atoms. The number of carbonyl (C=O) groups is 1. The summed E-state index contributed by atoms with van der Waals surface area (Å²) in [6.07, 6.45) is 3.85. The van der Waals surface area contributed by atoms with Gasteiger partial charge in [0.05, 0.1) is 22.9 Å². The SMILES string of the molecule is CCC(CO)NC(=O)c1nccn2c(-c3ccc(Nc4nc5ccc(Cl)cc5s4)cc3)nnc12. The number of aromatic nitrogens is 5. The van der Waals surface area contributed by atoms with E-state index in [-0.39, 0.29) is 18.3 Å². The van der Waals surface area contributed by atoms with Crippen molar-refractivity contribution in [3.8, 4) is 11.4 Å². The molecule has 5 aromatic rings. The highest BCUT2D eigenvalue weighted by molar-refractivity contribution is 7.22. The first-order valence-electron chi connectivity index (χ1n) is 10.6. The summed E-state index contributed by atoms with van der Waals surface area (Å²) in [4.78, 5) is 21.4. The van der Waals surface area contributed by atoms with Crippen LogP contribution in [0.25, 0.3) is 27.3 Å². The highest BCUT2D eigenvalue weighted by Crippen LogP contribution is 2.31. The molecule has 0 aliphatic heterocycles. The Morgan fingerprint density at radius 2 is 2.03 bits per heavy atom. The van der Waals surface area contributed by atoms with Crippen molar-refractivity contribution in [2.75, 3.05) is 11.9 Å². The Morgan fingerprint density at radius 3 is 2.79 bits per heavy atom. The van der Waals surface area contributed by atoms with Gasteiger partial charge in [0.25, 0.3) is 5.91 Å². The van der Waals surface area contributed by atoms with Gasteiger partial charge in [-0.2, -0.15) is 0 Å². The van der Waals surface area contributed by atoms with Crippen LogP contribution in [-0.4, -0.2) is 48.2 Å². The first kappa shape index (κ1) is 22.2. The number of hydrogen-bond donors (Lipinski definition) is 3. The molecule has 172 valence electrons. The molecule has 0 aliphatic rings. The van der Waals surface area contributed by atoms with Crippen LogP contribution in [0.4, 0.5) is 10.8 Å². The summed E-state index contributed by atoms with van der Waals surface area (Å²) >= 11 is 7.60. The molecule has 5 rings (SSSR count). The predicted molar refractivity (Wildman–Crippen MR) is 133 cm³/mol. The van der Waals surface area contributed by atoms with Crippen LogP contribution < -0.4 is 10.6 Å². The number of fused-ring (bicyclic) bond motifs is 2. The lowest BCUT2D eigenvalue weighted by atomic mass is 10.2. The van der Waals surface area contributed by atoms with Crippen molar-refractivity contribution < 1.29 is 9.90 Å². The van der Waals surface area contributed by atoms with E-state index in [1.54, 1.807) is 10.6 Å². The van der Waals surface area contributed by atoms with Crippen molar-refractivity contribution in [1.82, 2.24) is 29.9 Å². The molecule has 1 unspecified atom stereocenters. The number of nitrogens with zero attached hydrogens (tertiary/aromatic N) is 5. The Balaban J connectivity index is 1.39. The van der Waals surface area contributed by atoms with Gasteiger partial charge in [-0.25, -0.2) is 9.97 Å². The third-order valence-electron chi connectivity index (χ3n) is 5.34. The lowest BCUT2D eigenvalue weighted by Gasteiger charge is -2.13. The smallest absolute Gasteiger partial charge is 0.274 e. The average molecular weight is 494 g/mol. The number of rotatable bonds is 7. The summed E-state index contributed by atoms with van der Waals surface area (Å²) < 4.78 is 2.74. The number of aliphatic hydroxyl groups excluding tert-OH is 1. The highest BCUT2D eigenvalue weighted by Gasteiger charge is 2.19. The van der Waals surface area contributed by atoms with Gasteiger partial charge in [0.15, 0.2) is 22.3 Å². The zero-order chi connectivity index (χ0) is 23.7. The van der Waals surface area contributed by atoms with Crippen molar-refractivity contribution in [1.29, 1.82) is 0 Å². The van der Waals surface area contributed by atoms with Crippen molar-refractivity contribution in [3.63, 3.8) is 0 Å². The molecule has 0 bridgehead atoms. The van der Waals surface area contributed by atoms with Gasteiger partial charge in [-0.1, -0.05) is 29.9 Å². The Morgan fingerprint density at radius 1 is 1.21 bits per heavy atom. The second-order valence-corrected chi connectivity index (χ2v) is 9.05. The van der Waals surface area contributed by atoms with Crippen LogP contribution in [0.3, 0.4) is 0 Å². The number of benzene rings is 2. The molecular weight excluding hydrogens is 474 g/mol. The largest absolute Gasteiger partial charge is 0.394 e. The van der Waals surface area contributed by atoms with Gasteiger partial charge in [-0.05, 0) is 48.9 Å². The number of nitrogens with one attached hydrogen (secondary N) is 2. The van der Waals surface area contributed by atoms with E-state index < -0.39 is 5.91 Å². The molecular formula is C23H20ClN7O2S. The number of anilines is 2. The van der Waals surface area contributed by atoms with Gasteiger partial charge < -0.3 is 15.7 Å². The van der Waals surface area contributed by atoms with Crippen LogP contribution in [0.5, 0.6) is 0 Å². The van der Waals surface area contributed by atoms with E-state index >= 15 is 0 Å². The van der Waals surface area contributed by atoms with Crippen molar-refractivity contribution in [3.05, 3.63) is 65.6 Å². The van der Waals surface area contributed by atoms with E-state index in [4.69, 9.17) is 11.6 Å². The molecule has 9 nitrogen and oxygen atoms in total. The third kappa shape index (κ3) is 4.30. The van der Waals surface area contributed by atoms with E-state index in [0.29, 0.717) is 22.9 Å². The number of aliphatic hydroxyl groups is 1. The third-order valence-corrected chi connectivity index (χ3v) is 6.50. The van der Waals surface area contributed by atoms with Crippen LogP contribution in [0, 0.1) is 0 Å². The van der Waals surface area contributed by atoms with Crippen molar-refractivity contribution in [2.45, 2.75) is 19.4 Å². The standard InChI is InChI=1S/C23H20ClN7O2S/c1-2-15(12-32)26-22(33)19-21-30-29-20(31(21)10-9-25-19)13-3-6-16(7-4-13)27-23-28-17-8-5-14(24)11-18(17)34-23/h3-11,15,32H,2,12H2,1H3,(H,26,33)(H,27,28). The highest BCUT2D eigenvalue weighted by atomic mass is 35.5. The molecule has 3 N–H and O–H groups in total. The number of carbonyl (C=O) groups excluding carboxylic acids is 1. The number of halogens is 1. The number of amides is 1. The minimum absolute atomic E-state index is 0.144. The van der Waals surface area contributed by atoms with E-state index in [1.165, 1.54) is 17.5 Å². The molecule has 0 saturated carbocycles. The fourth-order valence-electron chi connectivity index (χ4n) is 3.49. The Bertz CT molecular complexity index is 1480. The van der Waals surface area contributed by atoms with E-state index in [9.17, 15) is 9.90 Å². The molecule has 2 aromatic carbocycles. The van der Waals surface area contributed by atoms with Gasteiger partial charge >= 0.3 is 0 Å². The lowest BCUT2D eigenvalue weighted by Crippen LogP contribution is -2.37. The molecule has 3 aromatic heterocycles. The van der Waals surface area contributed by atoms with Crippen LogP contribution in [0.15, 0.2) is 54.9 Å².